The predicted octanol–water partition coefficient (Wildman–Crippen LogP) is -0.357. The maximum atomic E-state index is 16.9. The minimum Gasteiger partial charge on any atom is -0.350 e. The fourth-order valence-corrected chi connectivity index (χ4v) is 8.64. The fraction of sp³-hybridized carbons (Fsp3) is 0.933. The van der Waals surface area contributed by atoms with Crippen LogP contribution in [0.2, 0.25) is 0 Å². The van der Waals surface area contributed by atoms with Gasteiger partial charge in [-0.2, -0.15) is 0 Å². The van der Waals surface area contributed by atoms with Crippen molar-refractivity contribution in [1.29, 1.82) is 0 Å². The van der Waals surface area contributed by atoms with E-state index in [9.17, 15) is 14.0 Å². The Morgan fingerprint density at radius 1 is 0.860 bits per heavy atom. The highest BCUT2D eigenvalue weighted by Crippen LogP contribution is 2.34. The summed E-state index contributed by atoms with van der Waals surface area (Å²) in [4.78, 5) is 31.2. The van der Waals surface area contributed by atoms with Crippen LogP contribution in [0.1, 0.15) is 57.8 Å². The lowest BCUT2D eigenvalue weighted by atomic mass is 9.78. The lowest BCUT2D eigenvalue weighted by Crippen LogP contribution is -2.71. The van der Waals surface area contributed by atoms with Crippen molar-refractivity contribution in [2.45, 2.75) is 101 Å². The van der Waals surface area contributed by atoms with E-state index in [2.05, 4.69) is 31.6 Å². The summed E-state index contributed by atoms with van der Waals surface area (Å²) in [5.41, 5.74) is 9.38. The lowest BCUT2D eigenvalue weighted by molar-refractivity contribution is -0.138. The van der Waals surface area contributed by atoms with Crippen molar-refractivity contribution in [3.63, 3.8) is 0 Å². The van der Waals surface area contributed by atoms with Gasteiger partial charge in [0, 0.05) is 57.8 Å². The Morgan fingerprint density at radius 2 is 1.56 bits per heavy atom. The SMILES string of the molecule is NC1NN2CC(F)CNC2C1C(=O)NC1CNC(C2CCCCCCC2)C(F)C1N1CCC(C(=O)N2CCNCC2)CC1. The van der Waals surface area contributed by atoms with Gasteiger partial charge in [0.25, 0.3) is 0 Å². The van der Waals surface area contributed by atoms with Gasteiger partial charge in [-0.3, -0.25) is 19.8 Å². The van der Waals surface area contributed by atoms with Gasteiger partial charge >= 0.3 is 0 Å². The molecular weight excluding hydrogens is 556 g/mol. The number of rotatable bonds is 5. The summed E-state index contributed by atoms with van der Waals surface area (Å²) in [6.45, 7) is 5.25. The molecule has 0 aromatic rings. The first-order valence-electron chi connectivity index (χ1n) is 17.0. The summed E-state index contributed by atoms with van der Waals surface area (Å²) in [6.07, 6.45) is 6.18. The first kappa shape index (κ1) is 31.5. The molecule has 11 nitrogen and oxygen atoms in total. The number of hydrazine groups is 1. The van der Waals surface area contributed by atoms with Crippen LogP contribution in [0.3, 0.4) is 0 Å². The highest BCUT2D eigenvalue weighted by Gasteiger charge is 2.50. The molecule has 2 amide bonds. The van der Waals surface area contributed by atoms with Gasteiger partial charge in [-0.25, -0.2) is 19.2 Å². The number of nitrogens with zero attached hydrogens (tertiary/aromatic N) is 3. The second kappa shape index (κ2) is 14.3. The van der Waals surface area contributed by atoms with Crippen molar-refractivity contribution >= 4 is 11.8 Å². The zero-order valence-corrected chi connectivity index (χ0v) is 25.5. The molecule has 8 unspecified atom stereocenters. The molecule has 1 saturated carbocycles. The standard InChI is InChI=1S/C30H53F2N9O2/c31-21-16-36-28-23(27(33)38-41(28)18-21)29(42)37-22-17-35-25(19-6-4-2-1-3-5-7-19)24(32)26(22)39-12-8-20(9-13-39)30(43)40-14-10-34-11-15-40/h19-28,34-36,38H,1-18,33H2,(H,37,42). The molecule has 1 aliphatic carbocycles. The molecule has 0 spiro atoms. The largest absolute Gasteiger partial charge is 0.350 e. The van der Waals surface area contributed by atoms with Gasteiger partial charge in [-0.15, -0.1) is 0 Å². The van der Waals surface area contributed by atoms with Gasteiger partial charge in [-0.1, -0.05) is 32.1 Å². The molecule has 5 aliphatic heterocycles. The summed E-state index contributed by atoms with van der Waals surface area (Å²) in [5, 5.41) is 14.9. The van der Waals surface area contributed by atoms with E-state index in [1.54, 1.807) is 5.01 Å². The van der Waals surface area contributed by atoms with E-state index in [0.717, 1.165) is 51.9 Å². The number of piperidine rings is 2. The molecule has 244 valence electrons. The van der Waals surface area contributed by atoms with Gasteiger partial charge < -0.3 is 26.6 Å². The molecular formula is C30H53F2N9O2. The molecule has 6 rings (SSSR count). The Kier molecular flexibility index (Phi) is 10.5. The number of halogens is 2. The molecule has 7 N–H and O–H groups in total. The number of hydrogen-bond donors (Lipinski definition) is 6. The quantitative estimate of drug-likeness (QED) is 0.248. The van der Waals surface area contributed by atoms with Gasteiger partial charge in [0.1, 0.15) is 12.3 Å². The maximum Gasteiger partial charge on any atom is 0.229 e. The Morgan fingerprint density at radius 3 is 2.28 bits per heavy atom. The number of hydrogen-bond acceptors (Lipinski definition) is 9. The topological polar surface area (TPSA) is 130 Å². The van der Waals surface area contributed by atoms with Crippen molar-refractivity contribution in [2.75, 3.05) is 58.9 Å². The molecule has 8 atom stereocenters. The number of nitrogens with one attached hydrogen (secondary N) is 5. The number of piperazine rings is 1. The number of nitrogens with two attached hydrogens (primary N) is 1. The minimum atomic E-state index is -1.14. The molecule has 6 aliphatic rings. The molecule has 0 aromatic heterocycles. The van der Waals surface area contributed by atoms with Gasteiger partial charge in [-0.05, 0) is 44.7 Å². The molecule has 5 heterocycles. The number of likely N-dealkylation sites (tertiary alicyclic amines) is 1. The van der Waals surface area contributed by atoms with Crippen LogP contribution >= 0.6 is 0 Å². The van der Waals surface area contributed by atoms with Crippen molar-refractivity contribution in [1.82, 2.24) is 41.5 Å². The maximum absolute atomic E-state index is 16.9. The summed E-state index contributed by atoms with van der Waals surface area (Å²) < 4.78 is 30.9. The van der Waals surface area contributed by atoms with Crippen LogP contribution in [0, 0.1) is 17.8 Å². The highest BCUT2D eigenvalue weighted by molar-refractivity contribution is 5.81. The van der Waals surface area contributed by atoms with Crippen molar-refractivity contribution < 1.29 is 18.4 Å². The average Bonchev–Trinajstić information content (AvgIpc) is 3.32. The zero-order chi connectivity index (χ0) is 29.9. The zero-order valence-electron chi connectivity index (χ0n) is 25.5. The van der Waals surface area contributed by atoms with Gasteiger partial charge in [0.15, 0.2) is 0 Å². The number of carbonyl (C=O) groups excluding carboxylic acids is 2. The summed E-state index contributed by atoms with van der Waals surface area (Å²) >= 11 is 0. The molecule has 43 heavy (non-hydrogen) atoms. The van der Waals surface area contributed by atoms with E-state index >= 15 is 4.39 Å². The van der Waals surface area contributed by atoms with Crippen LogP contribution in [-0.4, -0.2) is 128 Å². The van der Waals surface area contributed by atoms with E-state index in [4.69, 9.17) is 5.73 Å². The highest BCUT2D eigenvalue weighted by atomic mass is 19.1. The summed E-state index contributed by atoms with van der Waals surface area (Å²) in [6, 6.07) is -1.16. The van der Waals surface area contributed by atoms with Crippen LogP contribution in [0.4, 0.5) is 8.78 Å². The third-order valence-corrected chi connectivity index (χ3v) is 11.0. The Hall–Kier alpha value is -1.48. The van der Waals surface area contributed by atoms with Crippen LogP contribution in [0.15, 0.2) is 0 Å². The molecule has 6 fully saturated rings. The Balaban J connectivity index is 1.15. The van der Waals surface area contributed by atoms with Gasteiger partial charge in [0.05, 0.1) is 30.3 Å². The van der Waals surface area contributed by atoms with Crippen molar-refractivity contribution in [3.05, 3.63) is 0 Å². The second-order valence-corrected chi connectivity index (χ2v) is 13.8. The van der Waals surface area contributed by atoms with Crippen LogP contribution in [-0.2, 0) is 9.59 Å². The average molecular weight is 610 g/mol. The van der Waals surface area contributed by atoms with E-state index < -0.39 is 42.7 Å². The fourth-order valence-electron chi connectivity index (χ4n) is 8.64. The number of carbonyl (C=O) groups is 2. The van der Waals surface area contributed by atoms with Crippen molar-refractivity contribution in [2.24, 2.45) is 23.5 Å². The van der Waals surface area contributed by atoms with E-state index in [1.165, 1.54) is 19.3 Å². The molecule has 0 bridgehead atoms. The first-order valence-corrected chi connectivity index (χ1v) is 17.0. The van der Waals surface area contributed by atoms with Gasteiger partial charge in [0.2, 0.25) is 11.8 Å². The van der Waals surface area contributed by atoms with E-state index in [-0.39, 0.29) is 42.8 Å². The van der Waals surface area contributed by atoms with Crippen molar-refractivity contribution in [3.8, 4) is 0 Å². The normalized spacial score (nSPS) is 39.6. The second-order valence-electron chi connectivity index (χ2n) is 13.8. The molecule has 0 aromatic carbocycles. The third kappa shape index (κ3) is 7.02. The third-order valence-electron chi connectivity index (χ3n) is 11.0. The molecule has 0 radical (unpaired) electrons. The number of fused-ring (bicyclic) bond motifs is 1. The van der Waals surface area contributed by atoms with Crippen LogP contribution in [0.5, 0.6) is 0 Å². The molecule has 5 saturated heterocycles. The smallest absolute Gasteiger partial charge is 0.229 e. The lowest BCUT2D eigenvalue weighted by Gasteiger charge is -2.49. The summed E-state index contributed by atoms with van der Waals surface area (Å²) in [7, 11) is 0. The Labute approximate surface area is 254 Å². The summed E-state index contributed by atoms with van der Waals surface area (Å²) in [5.74, 6) is -0.397. The van der Waals surface area contributed by atoms with Crippen LogP contribution < -0.4 is 32.4 Å². The monoisotopic (exact) mass is 609 g/mol. The predicted molar refractivity (Wildman–Crippen MR) is 160 cm³/mol. The molecule has 13 heteroatoms. The minimum absolute atomic E-state index is 0.0335. The van der Waals surface area contributed by atoms with E-state index in [0.29, 0.717) is 32.5 Å². The number of alkyl halides is 2. The van der Waals surface area contributed by atoms with Crippen LogP contribution in [0.25, 0.3) is 0 Å². The number of amides is 2. The van der Waals surface area contributed by atoms with E-state index in [1.807, 2.05) is 4.90 Å². The Bertz CT molecular complexity index is 943. The first-order chi connectivity index (χ1) is 20.9.